The third kappa shape index (κ3) is 5.07. The first-order valence-electron chi connectivity index (χ1n) is 9.13. The highest BCUT2D eigenvalue weighted by Crippen LogP contribution is 2.26. The van der Waals surface area contributed by atoms with Crippen LogP contribution in [0.25, 0.3) is 6.08 Å². The predicted octanol–water partition coefficient (Wildman–Crippen LogP) is 2.63. The maximum atomic E-state index is 12.5. The number of nitrogens with one attached hydrogen (secondary N) is 2. The number of carbonyl (C=O) groups excluding carboxylic acids is 2. The molecule has 146 valence electrons. The first-order chi connectivity index (χ1) is 13.5. The Balaban J connectivity index is 1.48. The molecule has 2 N–H and O–H groups in total. The lowest BCUT2D eigenvalue weighted by atomic mass is 9.98. The summed E-state index contributed by atoms with van der Waals surface area (Å²) in [6.45, 7) is 0.289. The summed E-state index contributed by atoms with van der Waals surface area (Å²) in [4.78, 5) is 24.2. The SMILES string of the molecule is O=C(CCCNC(=O)c1ccccc1)NS(=O)(=O)C1=Cc2ccccc2CC1. The molecule has 3 rings (SSSR count). The molecule has 7 heteroatoms. The van der Waals surface area contributed by atoms with Gasteiger partial charge in [0, 0.05) is 18.5 Å². The molecule has 0 heterocycles. The number of sulfonamides is 1. The summed E-state index contributed by atoms with van der Waals surface area (Å²) in [5.74, 6) is -0.798. The van der Waals surface area contributed by atoms with Gasteiger partial charge in [-0.15, -0.1) is 0 Å². The van der Waals surface area contributed by atoms with E-state index in [9.17, 15) is 18.0 Å². The highest BCUT2D eigenvalue weighted by molar-refractivity contribution is 7.94. The molecule has 28 heavy (non-hydrogen) atoms. The van der Waals surface area contributed by atoms with Crippen LogP contribution in [0, 0.1) is 0 Å². The second kappa shape index (κ2) is 8.84. The summed E-state index contributed by atoms with van der Waals surface area (Å²) >= 11 is 0. The molecule has 0 spiro atoms. The molecule has 0 bridgehead atoms. The lowest BCUT2D eigenvalue weighted by Gasteiger charge is -2.17. The first kappa shape index (κ1) is 19.8. The van der Waals surface area contributed by atoms with E-state index in [2.05, 4.69) is 10.0 Å². The summed E-state index contributed by atoms with van der Waals surface area (Å²) < 4.78 is 27.1. The zero-order chi connectivity index (χ0) is 20.0. The molecule has 2 aromatic rings. The smallest absolute Gasteiger partial charge is 0.260 e. The van der Waals surface area contributed by atoms with E-state index >= 15 is 0 Å². The molecule has 1 aliphatic rings. The fourth-order valence-electron chi connectivity index (χ4n) is 3.03. The van der Waals surface area contributed by atoms with Crippen LogP contribution in [-0.2, 0) is 21.2 Å². The van der Waals surface area contributed by atoms with E-state index < -0.39 is 15.9 Å². The van der Waals surface area contributed by atoms with E-state index in [0.717, 1.165) is 11.1 Å². The van der Waals surface area contributed by atoms with E-state index in [1.54, 1.807) is 30.3 Å². The Kier molecular flexibility index (Phi) is 6.26. The molecule has 0 saturated heterocycles. The molecular weight excluding hydrogens is 376 g/mol. The van der Waals surface area contributed by atoms with Crippen LogP contribution >= 0.6 is 0 Å². The van der Waals surface area contributed by atoms with E-state index in [1.807, 2.05) is 30.3 Å². The van der Waals surface area contributed by atoms with E-state index in [4.69, 9.17) is 0 Å². The van der Waals surface area contributed by atoms with Gasteiger partial charge in [0.05, 0.1) is 4.91 Å². The second-order valence-electron chi connectivity index (χ2n) is 6.56. The zero-order valence-corrected chi connectivity index (χ0v) is 16.2. The molecule has 0 radical (unpaired) electrons. The minimum atomic E-state index is -3.85. The fourth-order valence-corrected chi connectivity index (χ4v) is 4.21. The lowest BCUT2D eigenvalue weighted by Crippen LogP contribution is -2.33. The molecule has 2 aromatic carbocycles. The fraction of sp³-hybridized carbons (Fsp3) is 0.238. The van der Waals surface area contributed by atoms with Crippen LogP contribution in [0.4, 0.5) is 0 Å². The first-order valence-corrected chi connectivity index (χ1v) is 10.6. The van der Waals surface area contributed by atoms with Crippen molar-refractivity contribution in [1.29, 1.82) is 0 Å². The van der Waals surface area contributed by atoms with Crippen LogP contribution in [0.2, 0.25) is 0 Å². The van der Waals surface area contributed by atoms with Crippen molar-refractivity contribution in [3.8, 4) is 0 Å². The quantitative estimate of drug-likeness (QED) is 0.702. The number of amides is 2. The van der Waals surface area contributed by atoms with Gasteiger partial charge in [0.15, 0.2) is 0 Å². The normalized spacial score (nSPS) is 13.2. The standard InChI is InChI=1S/C21H22N2O4S/c24-20(11-6-14-22-21(25)17-8-2-1-3-9-17)23-28(26,27)19-13-12-16-7-4-5-10-18(16)15-19/h1-5,7-10,15H,6,11-14H2,(H,22,25)(H,23,24). The van der Waals surface area contributed by atoms with Gasteiger partial charge < -0.3 is 5.32 Å². The second-order valence-corrected chi connectivity index (χ2v) is 8.30. The average molecular weight is 398 g/mol. The Bertz CT molecular complexity index is 998. The summed E-state index contributed by atoms with van der Waals surface area (Å²) in [7, 11) is -3.85. The minimum absolute atomic E-state index is 0.0121. The zero-order valence-electron chi connectivity index (χ0n) is 15.4. The summed E-state index contributed by atoms with van der Waals surface area (Å²) in [5.41, 5.74) is 2.51. The number of fused-ring (bicyclic) bond motifs is 1. The van der Waals surface area contributed by atoms with Gasteiger partial charge in [-0.05, 0) is 48.6 Å². The van der Waals surface area contributed by atoms with Crippen LogP contribution in [0.3, 0.4) is 0 Å². The molecule has 0 aliphatic heterocycles. The molecule has 0 unspecified atom stereocenters. The Labute approximate surface area is 164 Å². The van der Waals surface area contributed by atoms with E-state index in [0.29, 0.717) is 24.8 Å². The third-order valence-electron chi connectivity index (χ3n) is 4.51. The third-order valence-corrected chi connectivity index (χ3v) is 6.02. The Morgan fingerprint density at radius 3 is 2.43 bits per heavy atom. The Morgan fingerprint density at radius 1 is 0.929 bits per heavy atom. The molecule has 6 nitrogen and oxygen atoms in total. The highest BCUT2D eigenvalue weighted by atomic mass is 32.2. The predicted molar refractivity (Wildman–Crippen MR) is 108 cm³/mol. The maximum absolute atomic E-state index is 12.5. The van der Waals surface area contributed by atoms with Crippen molar-refractivity contribution < 1.29 is 18.0 Å². The number of benzene rings is 2. The van der Waals surface area contributed by atoms with Gasteiger partial charge in [0.2, 0.25) is 5.91 Å². The summed E-state index contributed by atoms with van der Waals surface area (Å²) in [6, 6.07) is 16.4. The summed E-state index contributed by atoms with van der Waals surface area (Å²) in [6.07, 6.45) is 2.98. The van der Waals surface area contributed by atoms with Crippen molar-refractivity contribution in [2.75, 3.05) is 6.54 Å². The monoisotopic (exact) mass is 398 g/mol. The van der Waals surface area contributed by atoms with Crippen LogP contribution in [0.1, 0.15) is 40.7 Å². The molecule has 0 fully saturated rings. The number of hydrogen-bond acceptors (Lipinski definition) is 4. The van der Waals surface area contributed by atoms with Crippen molar-refractivity contribution in [2.24, 2.45) is 0 Å². The Hall–Kier alpha value is -2.93. The van der Waals surface area contributed by atoms with Gasteiger partial charge in [0.1, 0.15) is 0 Å². The van der Waals surface area contributed by atoms with Crippen molar-refractivity contribution in [3.63, 3.8) is 0 Å². The number of carbonyl (C=O) groups is 2. The van der Waals surface area contributed by atoms with Crippen molar-refractivity contribution in [2.45, 2.75) is 25.7 Å². The minimum Gasteiger partial charge on any atom is -0.352 e. The van der Waals surface area contributed by atoms with E-state index in [1.165, 1.54) is 0 Å². The molecule has 2 amide bonds. The van der Waals surface area contributed by atoms with Crippen LogP contribution < -0.4 is 10.0 Å². The van der Waals surface area contributed by atoms with Crippen molar-refractivity contribution in [1.82, 2.24) is 10.0 Å². The Morgan fingerprint density at radius 2 is 1.64 bits per heavy atom. The van der Waals surface area contributed by atoms with Gasteiger partial charge in [-0.3, -0.25) is 9.59 Å². The highest BCUT2D eigenvalue weighted by Gasteiger charge is 2.23. The summed E-state index contributed by atoms with van der Waals surface area (Å²) in [5, 5.41) is 2.71. The van der Waals surface area contributed by atoms with Gasteiger partial charge in [-0.25, -0.2) is 13.1 Å². The van der Waals surface area contributed by atoms with Crippen molar-refractivity contribution in [3.05, 3.63) is 76.2 Å². The molecule has 1 aliphatic carbocycles. The topological polar surface area (TPSA) is 92.3 Å². The number of hydrogen-bond donors (Lipinski definition) is 2. The molecular formula is C21H22N2O4S. The van der Waals surface area contributed by atoms with Gasteiger partial charge in [-0.2, -0.15) is 0 Å². The largest absolute Gasteiger partial charge is 0.352 e. The van der Waals surface area contributed by atoms with E-state index in [-0.39, 0.29) is 23.8 Å². The molecule has 0 aromatic heterocycles. The van der Waals surface area contributed by atoms with Crippen LogP contribution in [0.5, 0.6) is 0 Å². The maximum Gasteiger partial charge on any atom is 0.260 e. The van der Waals surface area contributed by atoms with Gasteiger partial charge >= 0.3 is 0 Å². The number of aryl methyl sites for hydroxylation is 1. The lowest BCUT2D eigenvalue weighted by molar-refractivity contribution is -0.119. The van der Waals surface area contributed by atoms with Gasteiger partial charge in [-0.1, -0.05) is 42.5 Å². The average Bonchev–Trinajstić information content (AvgIpc) is 2.71. The van der Waals surface area contributed by atoms with Crippen LogP contribution in [-0.4, -0.2) is 26.8 Å². The van der Waals surface area contributed by atoms with Gasteiger partial charge in [0.25, 0.3) is 15.9 Å². The molecule has 0 atom stereocenters. The molecule has 0 saturated carbocycles. The van der Waals surface area contributed by atoms with Crippen LogP contribution in [0.15, 0.2) is 59.5 Å². The number of rotatable bonds is 7. The number of allylic oxidation sites excluding steroid dienone is 1. The van der Waals surface area contributed by atoms with Crippen molar-refractivity contribution >= 4 is 27.9 Å².